The molecule has 2 aliphatic heterocycles. The first-order valence-electron chi connectivity index (χ1n) is 26.3. The maximum atomic E-state index is 2.71. The van der Waals surface area contributed by atoms with Crippen LogP contribution in [0.25, 0.3) is 33.4 Å². The van der Waals surface area contributed by atoms with Crippen molar-refractivity contribution in [2.45, 2.75) is 129 Å². The summed E-state index contributed by atoms with van der Waals surface area (Å²) >= 11 is 0. The quantitative estimate of drug-likeness (QED) is 0.159. The summed E-state index contributed by atoms with van der Waals surface area (Å²) in [6.45, 7) is 29.1. The molecule has 0 saturated carbocycles. The van der Waals surface area contributed by atoms with Crippen molar-refractivity contribution in [1.29, 1.82) is 0 Å². The zero-order valence-corrected chi connectivity index (χ0v) is 44.2. The summed E-state index contributed by atoms with van der Waals surface area (Å²) in [5.41, 5.74) is 27.7. The number of nitrogens with zero attached hydrogens (tertiary/aromatic N) is 2. The molecule has 0 saturated heterocycles. The van der Waals surface area contributed by atoms with Crippen LogP contribution in [-0.2, 0) is 27.1 Å². The lowest BCUT2D eigenvalue weighted by Crippen LogP contribution is -2.61. The minimum absolute atomic E-state index is 0.00844. The zero-order chi connectivity index (χ0) is 49.6. The van der Waals surface area contributed by atoms with Crippen molar-refractivity contribution in [2.75, 3.05) is 9.80 Å². The summed E-state index contributed by atoms with van der Waals surface area (Å²) in [7, 11) is 0. The minimum Gasteiger partial charge on any atom is -0.311 e. The first kappa shape index (κ1) is 45.6. The van der Waals surface area contributed by atoms with E-state index in [2.05, 4.69) is 257 Å². The molecule has 2 heterocycles. The van der Waals surface area contributed by atoms with Crippen LogP contribution in [0, 0.1) is 6.92 Å². The molecule has 0 aromatic heterocycles. The highest BCUT2D eigenvalue weighted by atomic mass is 15.2. The molecule has 0 spiro atoms. The van der Waals surface area contributed by atoms with Crippen LogP contribution in [0.3, 0.4) is 0 Å². The third-order valence-corrected chi connectivity index (χ3v) is 17.3. The van der Waals surface area contributed by atoms with Crippen molar-refractivity contribution in [3.63, 3.8) is 0 Å². The Hall–Kier alpha value is -6.58. The van der Waals surface area contributed by atoms with Crippen molar-refractivity contribution in [2.24, 2.45) is 0 Å². The second kappa shape index (κ2) is 15.7. The van der Waals surface area contributed by atoms with E-state index in [4.69, 9.17) is 0 Å². The van der Waals surface area contributed by atoms with E-state index >= 15 is 0 Å². The highest BCUT2D eigenvalue weighted by Crippen LogP contribution is 2.55. The van der Waals surface area contributed by atoms with E-state index in [-0.39, 0.29) is 33.8 Å². The second-order valence-electron chi connectivity index (χ2n) is 25.3. The molecule has 0 fully saturated rings. The molecule has 3 heteroatoms. The van der Waals surface area contributed by atoms with Crippen LogP contribution < -0.4 is 26.2 Å². The van der Waals surface area contributed by atoms with Crippen LogP contribution in [0.5, 0.6) is 0 Å². The SMILES string of the molecule is Cc1cc2c3c(c1)N(c1ccc(C(C)(C)C)cc1-c1ccc4c(c1)C(C)(C)CCC4(C)C)c1cc4c(cc1B3c1ccc(-c3ccccc3)cc1N2c1cccc(-c2ccccc2)c1)C(C)(C)CC4(C)C. The number of rotatable bonds is 5. The van der Waals surface area contributed by atoms with Gasteiger partial charge in [-0.2, -0.15) is 0 Å². The Morgan fingerprint density at radius 3 is 1.63 bits per heavy atom. The zero-order valence-electron chi connectivity index (χ0n) is 44.2. The fourth-order valence-corrected chi connectivity index (χ4v) is 13.6. The van der Waals surface area contributed by atoms with Gasteiger partial charge in [0.05, 0.1) is 5.69 Å². The van der Waals surface area contributed by atoms with Gasteiger partial charge in [-0.25, -0.2) is 0 Å². The smallest absolute Gasteiger partial charge is 0.252 e. The maximum Gasteiger partial charge on any atom is 0.252 e. The third kappa shape index (κ3) is 7.27. The van der Waals surface area contributed by atoms with Gasteiger partial charge in [-0.3, -0.25) is 0 Å². The second-order valence-corrected chi connectivity index (χ2v) is 25.3. The third-order valence-electron chi connectivity index (χ3n) is 17.3. The summed E-state index contributed by atoms with van der Waals surface area (Å²) in [5, 5.41) is 0. The maximum absolute atomic E-state index is 2.71. The van der Waals surface area contributed by atoms with E-state index in [1.165, 1.54) is 124 Å². The Bertz CT molecular complexity index is 3460. The topological polar surface area (TPSA) is 6.48 Å². The predicted molar refractivity (Wildman–Crippen MR) is 306 cm³/mol. The van der Waals surface area contributed by atoms with E-state index in [0.717, 1.165) is 12.1 Å². The molecule has 8 aromatic carbocycles. The highest BCUT2D eigenvalue weighted by Gasteiger charge is 2.48. The van der Waals surface area contributed by atoms with Crippen molar-refractivity contribution in [3.8, 4) is 33.4 Å². The lowest BCUT2D eigenvalue weighted by molar-refractivity contribution is 0.332. The molecule has 4 aliphatic rings. The number of fused-ring (bicyclic) bond motifs is 6. The fraction of sp³-hybridized carbons (Fsp3) is 0.294. The Morgan fingerprint density at radius 2 is 0.972 bits per heavy atom. The lowest BCUT2D eigenvalue weighted by atomic mass is 9.33. The number of aryl methyl sites for hydroxylation is 1. The van der Waals surface area contributed by atoms with Crippen molar-refractivity contribution in [1.82, 2.24) is 0 Å². The molecule has 0 bridgehead atoms. The van der Waals surface area contributed by atoms with Gasteiger partial charge in [0.2, 0.25) is 0 Å². The van der Waals surface area contributed by atoms with Crippen LogP contribution in [0.15, 0.2) is 164 Å². The average Bonchev–Trinajstić information content (AvgIpc) is 3.53. The number of hydrogen-bond acceptors (Lipinski definition) is 2. The van der Waals surface area contributed by atoms with Gasteiger partial charge in [0, 0.05) is 34.0 Å². The number of anilines is 6. The van der Waals surface area contributed by atoms with Crippen molar-refractivity contribution < 1.29 is 0 Å². The molecule has 2 nitrogen and oxygen atoms in total. The van der Waals surface area contributed by atoms with Crippen molar-refractivity contribution in [3.05, 3.63) is 197 Å². The Balaban J connectivity index is 1.18. The van der Waals surface area contributed by atoms with Gasteiger partial charge in [0.25, 0.3) is 6.71 Å². The summed E-state index contributed by atoms with van der Waals surface area (Å²) in [6, 6.07) is 63.5. The Labute approximate surface area is 424 Å². The Morgan fingerprint density at radius 1 is 0.408 bits per heavy atom. The van der Waals surface area contributed by atoms with Crippen LogP contribution in [0.1, 0.15) is 129 Å². The van der Waals surface area contributed by atoms with E-state index in [9.17, 15) is 0 Å². The fourth-order valence-electron chi connectivity index (χ4n) is 13.6. The van der Waals surface area contributed by atoms with Gasteiger partial charge in [0.15, 0.2) is 0 Å². The predicted octanol–water partition coefficient (Wildman–Crippen LogP) is 16.7. The average molecular weight is 925 g/mol. The van der Waals surface area contributed by atoms with E-state index in [1.807, 2.05) is 0 Å². The largest absolute Gasteiger partial charge is 0.311 e. The van der Waals surface area contributed by atoms with Gasteiger partial charge in [-0.1, -0.05) is 191 Å². The number of benzene rings is 8. The number of hydrogen-bond donors (Lipinski definition) is 0. The van der Waals surface area contributed by atoms with Crippen LogP contribution in [0.4, 0.5) is 34.1 Å². The van der Waals surface area contributed by atoms with Gasteiger partial charge in [-0.05, 0) is 179 Å². The summed E-state index contributed by atoms with van der Waals surface area (Å²) in [5.74, 6) is 0. The van der Waals surface area contributed by atoms with Crippen LogP contribution >= 0.6 is 0 Å². The first-order chi connectivity index (χ1) is 33.7. The van der Waals surface area contributed by atoms with Gasteiger partial charge in [0.1, 0.15) is 0 Å². The monoisotopic (exact) mass is 925 g/mol. The van der Waals surface area contributed by atoms with Gasteiger partial charge in [-0.15, -0.1) is 0 Å². The van der Waals surface area contributed by atoms with Crippen LogP contribution in [0.2, 0.25) is 0 Å². The highest BCUT2D eigenvalue weighted by molar-refractivity contribution is 7.00. The van der Waals surface area contributed by atoms with E-state index in [0.29, 0.717) is 0 Å². The van der Waals surface area contributed by atoms with Gasteiger partial charge >= 0.3 is 0 Å². The molecule has 0 atom stereocenters. The molecule has 0 unspecified atom stereocenters. The molecular formula is C68H69BN2. The van der Waals surface area contributed by atoms with Gasteiger partial charge < -0.3 is 9.80 Å². The first-order valence-corrected chi connectivity index (χ1v) is 26.3. The summed E-state index contributed by atoms with van der Waals surface area (Å²) in [6.07, 6.45) is 3.48. The summed E-state index contributed by atoms with van der Waals surface area (Å²) in [4.78, 5) is 5.30. The minimum atomic E-state index is -0.0380. The molecule has 0 radical (unpaired) electrons. The molecule has 71 heavy (non-hydrogen) atoms. The van der Waals surface area contributed by atoms with Crippen LogP contribution in [-0.4, -0.2) is 6.71 Å². The normalized spacial score (nSPS) is 17.5. The van der Waals surface area contributed by atoms with E-state index < -0.39 is 0 Å². The lowest BCUT2D eigenvalue weighted by Gasteiger charge is -2.45. The Kier molecular flexibility index (Phi) is 10.1. The molecule has 2 aliphatic carbocycles. The van der Waals surface area contributed by atoms with E-state index in [1.54, 1.807) is 0 Å². The molecule has 8 aromatic rings. The standard InChI is InChI=1S/C68H69BN2/c1-43-34-61-63-62(35-43)71(58-31-28-49(64(2,3)4)39-51(58)48-26-29-52-53(37-48)66(7,8)33-32-65(52,5)6)60-41-55-54(67(9,10)42-68(55,11)12)40-57(60)69(63)56-30-27-47(45-22-17-14-18-23-45)38-59(56)70(61)50-25-19-24-46(36-50)44-20-15-13-16-21-44/h13-31,34-41H,32-33,42H2,1-12H3. The van der Waals surface area contributed by atoms with Crippen molar-refractivity contribution >= 4 is 57.2 Å². The molecule has 12 rings (SSSR count). The molecule has 0 amide bonds. The molecular weight excluding hydrogens is 856 g/mol. The molecule has 0 N–H and O–H groups in total. The summed E-state index contributed by atoms with van der Waals surface area (Å²) < 4.78 is 0. The molecule has 354 valence electrons.